The highest BCUT2D eigenvalue weighted by molar-refractivity contribution is 7.93. The van der Waals surface area contributed by atoms with E-state index in [2.05, 4.69) is 9.71 Å². The number of hydrogen-bond acceptors (Lipinski definition) is 5. The highest BCUT2D eigenvalue weighted by Gasteiger charge is 2.35. The molecule has 0 radical (unpaired) electrons. The number of nitrogens with zero attached hydrogens (tertiary/aromatic N) is 3. The maximum Gasteiger partial charge on any atom is 0.270 e. The number of sulfonamides is 1. The van der Waals surface area contributed by atoms with Gasteiger partial charge >= 0.3 is 0 Å². The number of hydrogen-bond donors (Lipinski definition) is 1. The smallest absolute Gasteiger partial charge is 0.270 e. The molecule has 0 unspecified atom stereocenters. The Morgan fingerprint density at radius 1 is 1.18 bits per heavy atom. The van der Waals surface area contributed by atoms with Crippen LogP contribution in [-0.2, 0) is 17.1 Å². The topological polar surface area (TPSA) is 93.5 Å². The standard InChI is InChI=1S/C19H24N4O4S/c1-22-10-2-3-17(22)19(24)23-11-8-15(9-12-23)27-18-7-4-14(13-20-18)21-28(25,26)16-5-6-16/h2-4,7,10,13,15-16,21H,5-6,8-9,11-12H2,1H3. The predicted molar refractivity (Wildman–Crippen MR) is 105 cm³/mol. The molecule has 1 saturated heterocycles. The number of rotatable bonds is 6. The first-order chi connectivity index (χ1) is 13.4. The zero-order valence-electron chi connectivity index (χ0n) is 15.7. The van der Waals surface area contributed by atoms with Gasteiger partial charge in [-0.05, 0) is 31.0 Å². The number of anilines is 1. The van der Waals surface area contributed by atoms with Crippen LogP contribution in [0, 0.1) is 0 Å². The van der Waals surface area contributed by atoms with Crippen LogP contribution in [-0.4, -0.2) is 53.2 Å². The van der Waals surface area contributed by atoms with Gasteiger partial charge in [0.1, 0.15) is 11.8 Å². The van der Waals surface area contributed by atoms with Crippen LogP contribution in [0.5, 0.6) is 5.88 Å². The number of ether oxygens (including phenoxy) is 1. The second-order valence-corrected chi connectivity index (χ2v) is 9.31. The van der Waals surface area contributed by atoms with Crippen LogP contribution in [0.3, 0.4) is 0 Å². The van der Waals surface area contributed by atoms with Crippen molar-refractivity contribution in [1.82, 2.24) is 14.5 Å². The third-order valence-corrected chi connectivity index (χ3v) is 7.01. The van der Waals surface area contributed by atoms with Gasteiger partial charge in [-0.25, -0.2) is 13.4 Å². The lowest BCUT2D eigenvalue weighted by atomic mass is 10.1. The predicted octanol–water partition coefficient (Wildman–Crippen LogP) is 2.01. The van der Waals surface area contributed by atoms with Crippen molar-refractivity contribution in [3.8, 4) is 5.88 Å². The normalized spacial score (nSPS) is 18.1. The van der Waals surface area contributed by atoms with Crippen LogP contribution in [0.25, 0.3) is 0 Å². The van der Waals surface area contributed by atoms with Crippen LogP contribution in [0.2, 0.25) is 0 Å². The average molecular weight is 404 g/mol. The van der Waals surface area contributed by atoms with E-state index in [0.717, 1.165) is 25.7 Å². The van der Waals surface area contributed by atoms with Crippen molar-refractivity contribution in [1.29, 1.82) is 0 Å². The molecule has 8 nitrogen and oxygen atoms in total. The van der Waals surface area contributed by atoms with Crippen LogP contribution >= 0.6 is 0 Å². The van der Waals surface area contributed by atoms with Gasteiger partial charge in [0.25, 0.3) is 5.91 Å². The van der Waals surface area contributed by atoms with Crippen molar-refractivity contribution in [2.45, 2.75) is 37.0 Å². The van der Waals surface area contributed by atoms with Gasteiger partial charge in [0.2, 0.25) is 15.9 Å². The largest absolute Gasteiger partial charge is 0.474 e. The number of carbonyl (C=O) groups is 1. The summed E-state index contributed by atoms with van der Waals surface area (Å²) in [7, 11) is -1.42. The van der Waals surface area contributed by atoms with Crippen LogP contribution in [0.15, 0.2) is 36.7 Å². The SMILES string of the molecule is Cn1cccc1C(=O)N1CCC(Oc2ccc(NS(=O)(=O)C3CC3)cn2)CC1. The molecule has 0 spiro atoms. The molecule has 2 fully saturated rings. The second-order valence-electron chi connectivity index (χ2n) is 7.35. The Morgan fingerprint density at radius 2 is 1.93 bits per heavy atom. The second kappa shape index (κ2) is 7.46. The molecule has 4 rings (SSSR count). The Labute approximate surface area is 164 Å². The molecule has 2 aromatic rings. The summed E-state index contributed by atoms with van der Waals surface area (Å²) in [6.07, 6.45) is 6.22. The number of aryl methyl sites for hydroxylation is 1. The van der Waals surface area contributed by atoms with E-state index in [4.69, 9.17) is 4.74 Å². The van der Waals surface area contributed by atoms with Gasteiger partial charge in [-0.15, -0.1) is 0 Å². The summed E-state index contributed by atoms with van der Waals surface area (Å²) in [5.41, 5.74) is 1.13. The van der Waals surface area contributed by atoms with Crippen molar-refractivity contribution in [3.63, 3.8) is 0 Å². The maximum absolute atomic E-state index is 12.5. The monoisotopic (exact) mass is 404 g/mol. The Morgan fingerprint density at radius 3 is 2.50 bits per heavy atom. The fourth-order valence-electron chi connectivity index (χ4n) is 3.33. The Balaban J connectivity index is 1.29. The van der Waals surface area contributed by atoms with E-state index in [0.29, 0.717) is 30.4 Å². The maximum atomic E-state index is 12.5. The zero-order valence-corrected chi connectivity index (χ0v) is 16.6. The molecule has 2 aromatic heterocycles. The van der Waals surface area contributed by atoms with E-state index in [1.807, 2.05) is 34.8 Å². The van der Waals surface area contributed by atoms with Crippen molar-refractivity contribution >= 4 is 21.6 Å². The molecule has 1 N–H and O–H groups in total. The lowest BCUT2D eigenvalue weighted by molar-refractivity contribution is 0.0579. The summed E-state index contributed by atoms with van der Waals surface area (Å²) in [6, 6.07) is 7.03. The summed E-state index contributed by atoms with van der Waals surface area (Å²) < 4.78 is 34.2. The molecule has 1 aliphatic carbocycles. The molecule has 28 heavy (non-hydrogen) atoms. The van der Waals surface area contributed by atoms with E-state index in [-0.39, 0.29) is 17.3 Å². The molecule has 2 aliphatic rings. The number of pyridine rings is 1. The third-order valence-electron chi connectivity index (χ3n) is 5.14. The quantitative estimate of drug-likeness (QED) is 0.795. The van der Waals surface area contributed by atoms with Gasteiger partial charge in [-0.3, -0.25) is 9.52 Å². The third kappa shape index (κ3) is 4.14. The summed E-state index contributed by atoms with van der Waals surface area (Å²) in [5.74, 6) is 0.498. The number of aromatic nitrogens is 2. The Hall–Kier alpha value is -2.55. The number of piperidine rings is 1. The van der Waals surface area contributed by atoms with E-state index < -0.39 is 10.0 Å². The van der Waals surface area contributed by atoms with Crippen molar-refractivity contribution in [2.24, 2.45) is 7.05 Å². The minimum absolute atomic E-state index is 0.0148. The fraction of sp³-hybridized carbons (Fsp3) is 0.474. The van der Waals surface area contributed by atoms with E-state index in [9.17, 15) is 13.2 Å². The first-order valence-electron chi connectivity index (χ1n) is 9.47. The number of likely N-dealkylation sites (tertiary alicyclic amines) is 1. The van der Waals surface area contributed by atoms with Gasteiger partial charge in [-0.2, -0.15) is 0 Å². The minimum Gasteiger partial charge on any atom is -0.474 e. The molecule has 3 heterocycles. The lowest BCUT2D eigenvalue weighted by Crippen LogP contribution is -2.42. The number of amides is 1. The Kier molecular flexibility index (Phi) is 5.01. The van der Waals surface area contributed by atoms with Gasteiger partial charge in [0.05, 0.1) is 17.1 Å². The van der Waals surface area contributed by atoms with E-state index >= 15 is 0 Å². The molecular formula is C19H24N4O4S. The van der Waals surface area contributed by atoms with E-state index in [1.165, 1.54) is 6.20 Å². The highest BCUT2D eigenvalue weighted by atomic mass is 32.2. The average Bonchev–Trinajstić information content (AvgIpc) is 3.46. The minimum atomic E-state index is -3.29. The first kappa shape index (κ1) is 18.8. The molecule has 9 heteroatoms. The first-order valence-corrected chi connectivity index (χ1v) is 11.0. The van der Waals surface area contributed by atoms with Gasteiger partial charge < -0.3 is 14.2 Å². The van der Waals surface area contributed by atoms with Crippen LogP contribution in [0.4, 0.5) is 5.69 Å². The molecule has 0 atom stereocenters. The van der Waals surface area contributed by atoms with Gasteiger partial charge in [0, 0.05) is 45.2 Å². The molecule has 1 saturated carbocycles. The lowest BCUT2D eigenvalue weighted by Gasteiger charge is -2.32. The number of carbonyl (C=O) groups excluding carboxylic acids is 1. The molecule has 1 amide bonds. The molecule has 0 bridgehead atoms. The van der Waals surface area contributed by atoms with Crippen LogP contribution < -0.4 is 9.46 Å². The van der Waals surface area contributed by atoms with Gasteiger partial charge in [-0.1, -0.05) is 0 Å². The molecular weight excluding hydrogens is 380 g/mol. The fourth-order valence-corrected chi connectivity index (χ4v) is 4.70. The zero-order chi connectivity index (χ0) is 19.7. The summed E-state index contributed by atoms with van der Waals surface area (Å²) in [4.78, 5) is 18.6. The molecule has 150 valence electrons. The number of nitrogens with one attached hydrogen (secondary N) is 1. The van der Waals surface area contributed by atoms with Crippen LogP contribution in [0.1, 0.15) is 36.2 Å². The van der Waals surface area contributed by atoms with Crippen molar-refractivity contribution in [2.75, 3.05) is 17.8 Å². The summed E-state index contributed by atoms with van der Waals surface area (Å²) in [6.45, 7) is 1.27. The Bertz CT molecular complexity index is 943. The molecule has 0 aromatic carbocycles. The van der Waals surface area contributed by atoms with Crippen molar-refractivity contribution < 1.29 is 17.9 Å². The van der Waals surface area contributed by atoms with Gasteiger partial charge in [0.15, 0.2) is 0 Å². The summed E-state index contributed by atoms with van der Waals surface area (Å²) >= 11 is 0. The molecule has 1 aliphatic heterocycles. The summed E-state index contributed by atoms with van der Waals surface area (Å²) in [5, 5.41) is -0.271. The highest BCUT2D eigenvalue weighted by Crippen LogP contribution is 2.30. The van der Waals surface area contributed by atoms with E-state index in [1.54, 1.807) is 12.1 Å². The van der Waals surface area contributed by atoms with Crippen molar-refractivity contribution in [3.05, 3.63) is 42.4 Å².